The lowest BCUT2D eigenvalue weighted by Crippen LogP contribution is -2.56. The molecule has 1 aliphatic heterocycles. The summed E-state index contributed by atoms with van der Waals surface area (Å²) in [6, 6.07) is 22.9. The molecule has 4 rings (SSSR count). The van der Waals surface area contributed by atoms with E-state index in [2.05, 4.69) is 26.8 Å². The topological polar surface area (TPSA) is 92.2 Å². The molecular formula is C29H31BrClN3O4. The summed E-state index contributed by atoms with van der Waals surface area (Å²) in [6.45, 7) is 2.92. The number of hydrogen-bond acceptors (Lipinski definition) is 6. The first kappa shape index (κ1) is 28.1. The summed E-state index contributed by atoms with van der Waals surface area (Å²) in [4.78, 5) is 18.5. The van der Waals surface area contributed by atoms with Crippen LogP contribution < -0.4 is 15.6 Å². The number of carbonyl (C=O) groups is 1. The van der Waals surface area contributed by atoms with Crippen molar-refractivity contribution in [2.45, 2.75) is 37.8 Å². The van der Waals surface area contributed by atoms with Gasteiger partial charge in [-0.25, -0.2) is 10.4 Å². The maximum absolute atomic E-state index is 13.7. The second kappa shape index (κ2) is 13.2. The van der Waals surface area contributed by atoms with Crippen molar-refractivity contribution in [2.24, 2.45) is 4.99 Å². The molecule has 0 saturated heterocycles. The van der Waals surface area contributed by atoms with Gasteiger partial charge < -0.3 is 14.6 Å². The zero-order valence-electron chi connectivity index (χ0n) is 21.1. The fourth-order valence-electron chi connectivity index (χ4n) is 4.21. The SMILES string of the molecule is C[C@@H]1OC(c2ccc(OCCCO)cc2)=N[C@]1(Cc1ccc(Br)cc1)C(=O)NNCCc1cccc(Cl)c1. The molecule has 0 spiro atoms. The van der Waals surface area contributed by atoms with Crippen molar-refractivity contribution in [3.05, 3.63) is 99.0 Å². The number of rotatable bonds is 12. The Morgan fingerprint density at radius 3 is 2.61 bits per heavy atom. The van der Waals surface area contributed by atoms with Crippen molar-refractivity contribution >= 4 is 39.3 Å². The minimum absolute atomic E-state index is 0.0819. The Bertz CT molecular complexity index is 1250. The summed E-state index contributed by atoms with van der Waals surface area (Å²) in [5, 5.41) is 9.63. The zero-order valence-corrected chi connectivity index (χ0v) is 23.5. The van der Waals surface area contributed by atoms with E-state index in [1.807, 2.05) is 79.7 Å². The Morgan fingerprint density at radius 2 is 1.89 bits per heavy atom. The highest BCUT2D eigenvalue weighted by atomic mass is 79.9. The summed E-state index contributed by atoms with van der Waals surface area (Å²) >= 11 is 9.55. The first-order valence-electron chi connectivity index (χ1n) is 12.5. The van der Waals surface area contributed by atoms with Crippen LogP contribution in [0.2, 0.25) is 5.02 Å². The van der Waals surface area contributed by atoms with Gasteiger partial charge in [-0.1, -0.05) is 51.8 Å². The van der Waals surface area contributed by atoms with Crippen molar-refractivity contribution in [3.63, 3.8) is 0 Å². The van der Waals surface area contributed by atoms with Gasteiger partial charge in [0.15, 0.2) is 5.54 Å². The van der Waals surface area contributed by atoms with Gasteiger partial charge in [-0.05, 0) is 73.0 Å². The van der Waals surface area contributed by atoms with Gasteiger partial charge in [0, 0.05) is 41.1 Å². The number of aliphatic hydroxyl groups is 1. The Labute approximate surface area is 236 Å². The molecule has 3 aromatic rings. The third-order valence-electron chi connectivity index (χ3n) is 6.34. The van der Waals surface area contributed by atoms with Crippen molar-refractivity contribution < 1.29 is 19.4 Å². The molecule has 1 aliphatic rings. The van der Waals surface area contributed by atoms with Crippen LogP contribution in [0, 0.1) is 0 Å². The molecule has 1 amide bonds. The molecule has 3 aromatic carbocycles. The van der Waals surface area contributed by atoms with E-state index in [4.69, 9.17) is 31.2 Å². The van der Waals surface area contributed by atoms with E-state index in [9.17, 15) is 4.79 Å². The summed E-state index contributed by atoms with van der Waals surface area (Å²) in [5.41, 5.74) is 7.54. The molecule has 2 atom stereocenters. The lowest BCUT2D eigenvalue weighted by molar-refractivity contribution is -0.129. The minimum Gasteiger partial charge on any atom is -0.494 e. The molecule has 0 aromatic heterocycles. The van der Waals surface area contributed by atoms with Gasteiger partial charge in [0.2, 0.25) is 5.90 Å². The third kappa shape index (κ3) is 7.14. The normalized spacial score (nSPS) is 18.5. The summed E-state index contributed by atoms with van der Waals surface area (Å²) in [5.74, 6) is 0.834. The first-order valence-corrected chi connectivity index (χ1v) is 13.7. The number of hydrazine groups is 1. The van der Waals surface area contributed by atoms with Crippen LogP contribution in [0.15, 0.2) is 82.3 Å². The first-order chi connectivity index (χ1) is 18.4. The van der Waals surface area contributed by atoms with Crippen LogP contribution in [-0.4, -0.2) is 48.3 Å². The molecule has 0 bridgehead atoms. The molecular weight excluding hydrogens is 570 g/mol. The quantitative estimate of drug-likeness (QED) is 0.204. The molecule has 0 fully saturated rings. The van der Waals surface area contributed by atoms with Gasteiger partial charge in [0.05, 0.1) is 6.61 Å². The van der Waals surface area contributed by atoms with Gasteiger partial charge >= 0.3 is 0 Å². The van der Waals surface area contributed by atoms with E-state index in [-0.39, 0.29) is 12.5 Å². The fourth-order valence-corrected chi connectivity index (χ4v) is 4.68. The van der Waals surface area contributed by atoms with Gasteiger partial charge in [0.25, 0.3) is 5.91 Å². The van der Waals surface area contributed by atoms with Crippen molar-refractivity contribution in [1.29, 1.82) is 0 Å². The number of benzene rings is 3. The summed E-state index contributed by atoms with van der Waals surface area (Å²) < 4.78 is 12.8. The zero-order chi connectivity index (χ0) is 27.0. The van der Waals surface area contributed by atoms with Crippen molar-refractivity contribution in [3.8, 4) is 5.75 Å². The highest BCUT2D eigenvalue weighted by Crippen LogP contribution is 2.33. The fraction of sp³-hybridized carbons (Fsp3) is 0.310. The van der Waals surface area contributed by atoms with E-state index in [0.717, 1.165) is 21.2 Å². The van der Waals surface area contributed by atoms with Gasteiger partial charge in [0.1, 0.15) is 11.9 Å². The molecule has 9 heteroatoms. The lowest BCUT2D eigenvalue weighted by Gasteiger charge is -2.28. The van der Waals surface area contributed by atoms with Gasteiger partial charge in [-0.15, -0.1) is 0 Å². The molecule has 0 radical (unpaired) electrons. The van der Waals surface area contributed by atoms with E-state index in [1.54, 1.807) is 0 Å². The number of hydrogen-bond donors (Lipinski definition) is 3. The molecule has 7 nitrogen and oxygen atoms in total. The highest BCUT2D eigenvalue weighted by molar-refractivity contribution is 9.10. The number of nitrogens with zero attached hydrogens (tertiary/aromatic N) is 1. The van der Waals surface area contributed by atoms with E-state index < -0.39 is 11.6 Å². The molecule has 200 valence electrons. The molecule has 38 heavy (non-hydrogen) atoms. The Morgan fingerprint density at radius 1 is 1.13 bits per heavy atom. The van der Waals surface area contributed by atoms with Crippen LogP contribution in [0.25, 0.3) is 0 Å². The maximum atomic E-state index is 13.7. The number of ether oxygens (including phenoxy) is 2. The standard InChI is InChI=1S/C29H31BrClN3O4/c1-20-29(19-22-6-10-24(30)11-7-22,28(36)34-32-15-14-21-4-2-5-25(31)18-21)33-27(38-20)23-8-12-26(13-9-23)37-17-3-16-35/h2,4-13,18,20,32,35H,3,14-17,19H2,1H3,(H,34,36)/t20-,29-/m0/s1. The number of amides is 1. The van der Waals surface area contributed by atoms with Gasteiger partial charge in [-0.2, -0.15) is 0 Å². The highest BCUT2D eigenvalue weighted by Gasteiger charge is 2.50. The van der Waals surface area contributed by atoms with Crippen LogP contribution >= 0.6 is 27.5 Å². The Hall–Kier alpha value is -2.91. The Kier molecular flexibility index (Phi) is 9.80. The Balaban J connectivity index is 1.51. The molecule has 0 saturated carbocycles. The predicted molar refractivity (Wildman–Crippen MR) is 153 cm³/mol. The number of carbonyl (C=O) groups excluding carboxylic acids is 1. The largest absolute Gasteiger partial charge is 0.494 e. The monoisotopic (exact) mass is 599 g/mol. The van der Waals surface area contributed by atoms with Crippen molar-refractivity contribution in [1.82, 2.24) is 10.9 Å². The molecule has 0 unspecified atom stereocenters. The molecule has 0 aliphatic carbocycles. The summed E-state index contributed by atoms with van der Waals surface area (Å²) in [6.07, 6.45) is 1.13. The van der Waals surface area contributed by atoms with Crippen LogP contribution in [0.4, 0.5) is 0 Å². The molecule has 3 N–H and O–H groups in total. The van der Waals surface area contributed by atoms with Crippen molar-refractivity contribution in [2.75, 3.05) is 19.8 Å². The van der Waals surface area contributed by atoms with Crippen LogP contribution in [0.1, 0.15) is 30.0 Å². The minimum atomic E-state index is -1.16. The van der Waals surface area contributed by atoms with E-state index in [1.165, 1.54) is 0 Å². The van der Waals surface area contributed by atoms with E-state index >= 15 is 0 Å². The maximum Gasteiger partial charge on any atom is 0.266 e. The van der Waals surface area contributed by atoms with Gasteiger partial charge in [-0.3, -0.25) is 10.2 Å². The number of aliphatic imine (C=N–C) groups is 1. The molecule has 1 heterocycles. The number of halogens is 2. The summed E-state index contributed by atoms with van der Waals surface area (Å²) in [7, 11) is 0. The number of nitrogens with one attached hydrogen (secondary N) is 2. The van der Waals surface area contributed by atoms with Crippen LogP contribution in [0.5, 0.6) is 5.75 Å². The third-order valence-corrected chi connectivity index (χ3v) is 7.11. The second-order valence-electron chi connectivity index (χ2n) is 9.12. The smallest absolute Gasteiger partial charge is 0.266 e. The lowest BCUT2D eigenvalue weighted by atomic mass is 9.86. The van der Waals surface area contributed by atoms with E-state index in [0.29, 0.717) is 49.1 Å². The average molecular weight is 601 g/mol. The second-order valence-corrected chi connectivity index (χ2v) is 10.5. The average Bonchev–Trinajstić information content (AvgIpc) is 3.25. The van der Waals surface area contributed by atoms with Crippen LogP contribution in [0.3, 0.4) is 0 Å². The predicted octanol–water partition coefficient (Wildman–Crippen LogP) is 4.87. The van der Waals surface area contributed by atoms with Crippen LogP contribution in [-0.2, 0) is 22.4 Å². The number of aliphatic hydroxyl groups excluding tert-OH is 1.